The Kier molecular flexibility index (Phi) is 8.10. The molecule has 1 amide bonds. The highest BCUT2D eigenvalue weighted by Gasteiger charge is 2.18. The number of ether oxygens (including phenoxy) is 1. The zero-order valence-corrected chi connectivity index (χ0v) is 20.6. The van der Waals surface area contributed by atoms with E-state index in [1.807, 2.05) is 11.9 Å². The van der Waals surface area contributed by atoms with Crippen LogP contribution in [-0.2, 0) is 13.5 Å². The van der Waals surface area contributed by atoms with Crippen LogP contribution in [-0.4, -0.2) is 49.2 Å². The maximum absolute atomic E-state index is 14.4. The van der Waals surface area contributed by atoms with Crippen molar-refractivity contribution in [3.05, 3.63) is 74.7 Å². The van der Waals surface area contributed by atoms with E-state index in [9.17, 15) is 14.0 Å². The molecule has 0 atom stereocenters. The number of rotatable bonds is 9. The Bertz CT molecular complexity index is 1320. The molecule has 0 unspecified atom stereocenters. The Labute approximate surface area is 207 Å². The molecule has 0 aliphatic carbocycles. The van der Waals surface area contributed by atoms with Crippen LogP contribution < -0.4 is 15.0 Å². The molecule has 0 aliphatic rings. The third-order valence-electron chi connectivity index (χ3n) is 5.67. The van der Waals surface area contributed by atoms with Gasteiger partial charge in [-0.1, -0.05) is 17.7 Å². The van der Waals surface area contributed by atoms with Crippen molar-refractivity contribution in [3.8, 4) is 11.8 Å². The van der Waals surface area contributed by atoms with Crippen molar-refractivity contribution in [3.63, 3.8) is 0 Å². The summed E-state index contributed by atoms with van der Waals surface area (Å²) in [6.45, 7) is 2.46. The number of aryl methyl sites for hydroxylation is 1. The molecule has 0 saturated carbocycles. The van der Waals surface area contributed by atoms with Gasteiger partial charge in [-0.25, -0.2) is 4.39 Å². The number of nitrogens with one attached hydrogen (secondary N) is 1. The summed E-state index contributed by atoms with van der Waals surface area (Å²) in [6.07, 6.45) is 0.988. The van der Waals surface area contributed by atoms with E-state index in [1.165, 1.54) is 23.9 Å². The lowest BCUT2D eigenvalue weighted by Gasteiger charge is -2.19. The number of halogens is 2. The van der Waals surface area contributed by atoms with E-state index in [4.69, 9.17) is 21.6 Å². The van der Waals surface area contributed by atoms with Gasteiger partial charge in [-0.3, -0.25) is 14.3 Å². The van der Waals surface area contributed by atoms with Crippen molar-refractivity contribution in [2.75, 3.05) is 32.1 Å². The van der Waals surface area contributed by atoms with Gasteiger partial charge in [0.1, 0.15) is 29.9 Å². The molecule has 182 valence electrons. The van der Waals surface area contributed by atoms with Gasteiger partial charge in [-0.15, -0.1) is 0 Å². The Balaban J connectivity index is 1.76. The molecule has 0 fully saturated rings. The van der Waals surface area contributed by atoms with Crippen molar-refractivity contribution in [1.29, 1.82) is 5.26 Å². The Hall–Kier alpha value is -3.90. The predicted octanol–water partition coefficient (Wildman–Crippen LogP) is 3.67. The van der Waals surface area contributed by atoms with Crippen molar-refractivity contribution in [2.24, 2.45) is 7.05 Å². The number of amides is 1. The Morgan fingerprint density at radius 1 is 1.37 bits per heavy atom. The van der Waals surface area contributed by atoms with Gasteiger partial charge in [-0.05, 0) is 48.2 Å². The first kappa shape index (κ1) is 25.7. The molecular formula is C25H25ClFN5O3. The van der Waals surface area contributed by atoms with Crippen molar-refractivity contribution in [2.45, 2.75) is 13.3 Å². The topological polar surface area (TPSA) is 100 Å². The zero-order chi connectivity index (χ0) is 25.7. The second-order valence-electron chi connectivity index (χ2n) is 7.97. The van der Waals surface area contributed by atoms with Crippen LogP contribution in [0.2, 0.25) is 5.02 Å². The third-order valence-corrected chi connectivity index (χ3v) is 6.13. The van der Waals surface area contributed by atoms with Crippen LogP contribution in [0.3, 0.4) is 0 Å². The minimum absolute atomic E-state index is 0.0390. The Morgan fingerprint density at radius 3 is 2.71 bits per heavy atom. The van der Waals surface area contributed by atoms with Crippen LogP contribution in [0.25, 0.3) is 0 Å². The number of carbonyl (C=O) groups is 2. The maximum atomic E-state index is 14.4. The molecule has 1 heterocycles. The quantitative estimate of drug-likeness (QED) is 0.453. The third kappa shape index (κ3) is 5.61. The summed E-state index contributed by atoms with van der Waals surface area (Å²) in [7, 11) is 4.95. The predicted molar refractivity (Wildman–Crippen MR) is 131 cm³/mol. The fourth-order valence-electron chi connectivity index (χ4n) is 3.57. The molecule has 0 saturated heterocycles. The molecule has 0 radical (unpaired) electrons. The molecule has 8 nitrogen and oxygen atoms in total. The van der Waals surface area contributed by atoms with Gasteiger partial charge < -0.3 is 15.0 Å². The van der Waals surface area contributed by atoms with Crippen molar-refractivity contribution < 1.29 is 18.7 Å². The van der Waals surface area contributed by atoms with Crippen LogP contribution in [0.15, 0.2) is 30.3 Å². The average molecular weight is 498 g/mol. The molecule has 10 heteroatoms. The largest absolute Gasteiger partial charge is 0.489 e. The minimum atomic E-state index is -0.625. The lowest BCUT2D eigenvalue weighted by Crippen LogP contribution is -2.24. The highest BCUT2D eigenvalue weighted by atomic mass is 35.5. The van der Waals surface area contributed by atoms with Crippen LogP contribution in [0.5, 0.6) is 5.75 Å². The first-order valence-corrected chi connectivity index (χ1v) is 11.1. The standard InChI is InChI=1S/C25H25ClFN5O3/c1-15-17(9-16-5-6-20(21(27)10-16)25(34)29-2)11-18(14-33)24(23(15)26)35-8-7-31(3)22-12-19(13-28)32(4)30-22/h5-6,10-12,14H,7-9H2,1-4H3,(H,29,34). The summed E-state index contributed by atoms with van der Waals surface area (Å²) in [4.78, 5) is 25.3. The SMILES string of the molecule is CNC(=O)c1ccc(Cc2cc(C=O)c(OCCN(C)c3cc(C#N)n(C)n3)c(Cl)c2C)cc1F. The summed E-state index contributed by atoms with van der Waals surface area (Å²) in [5.41, 5.74) is 2.76. The average Bonchev–Trinajstić information content (AvgIpc) is 3.23. The van der Waals surface area contributed by atoms with Gasteiger partial charge in [0.15, 0.2) is 12.1 Å². The minimum Gasteiger partial charge on any atom is -0.489 e. The lowest BCUT2D eigenvalue weighted by atomic mass is 9.97. The van der Waals surface area contributed by atoms with Crippen LogP contribution >= 0.6 is 11.6 Å². The van der Waals surface area contributed by atoms with E-state index in [0.29, 0.717) is 46.9 Å². The van der Waals surface area contributed by atoms with E-state index in [0.717, 1.165) is 5.56 Å². The number of nitrogens with zero attached hydrogens (tertiary/aromatic N) is 4. The van der Waals surface area contributed by atoms with E-state index >= 15 is 0 Å². The summed E-state index contributed by atoms with van der Waals surface area (Å²) in [6, 6.07) is 9.80. The van der Waals surface area contributed by atoms with Gasteiger partial charge >= 0.3 is 0 Å². The normalized spacial score (nSPS) is 10.5. The first-order chi connectivity index (χ1) is 16.7. The summed E-state index contributed by atoms with van der Waals surface area (Å²) in [5, 5.41) is 16.1. The highest BCUT2D eigenvalue weighted by Crippen LogP contribution is 2.35. The number of likely N-dealkylation sites (N-methyl/N-ethyl adjacent to an activating group) is 1. The molecule has 0 aliphatic heterocycles. The molecule has 3 aromatic rings. The lowest BCUT2D eigenvalue weighted by molar-refractivity contribution is 0.0958. The summed E-state index contributed by atoms with van der Waals surface area (Å²) >= 11 is 6.56. The number of anilines is 1. The van der Waals surface area contributed by atoms with Crippen LogP contribution in [0.4, 0.5) is 10.2 Å². The fraction of sp³-hybridized carbons (Fsp3) is 0.280. The first-order valence-electron chi connectivity index (χ1n) is 10.8. The monoisotopic (exact) mass is 497 g/mol. The second kappa shape index (κ2) is 11.0. The van der Waals surface area contributed by atoms with E-state index in [-0.39, 0.29) is 23.5 Å². The Morgan fingerprint density at radius 2 is 2.11 bits per heavy atom. The van der Waals surface area contributed by atoms with E-state index in [2.05, 4.69) is 16.5 Å². The highest BCUT2D eigenvalue weighted by molar-refractivity contribution is 6.33. The fourth-order valence-corrected chi connectivity index (χ4v) is 3.85. The number of benzene rings is 2. The molecule has 1 aromatic heterocycles. The van der Waals surface area contributed by atoms with E-state index < -0.39 is 11.7 Å². The zero-order valence-electron chi connectivity index (χ0n) is 19.9. The maximum Gasteiger partial charge on any atom is 0.253 e. The number of aromatic nitrogens is 2. The molecule has 2 aromatic carbocycles. The number of aldehydes is 1. The van der Waals surface area contributed by atoms with Gasteiger partial charge in [0.05, 0.1) is 22.7 Å². The number of hydrogen-bond donors (Lipinski definition) is 1. The van der Waals surface area contributed by atoms with Gasteiger partial charge in [0, 0.05) is 27.2 Å². The number of hydrogen-bond acceptors (Lipinski definition) is 6. The smallest absolute Gasteiger partial charge is 0.253 e. The summed E-state index contributed by atoms with van der Waals surface area (Å²) < 4.78 is 21.7. The summed E-state index contributed by atoms with van der Waals surface area (Å²) in [5.74, 6) is -0.232. The molecule has 0 bridgehead atoms. The van der Waals surface area contributed by atoms with Crippen LogP contribution in [0, 0.1) is 24.1 Å². The number of carbonyl (C=O) groups excluding carboxylic acids is 2. The molecule has 0 spiro atoms. The van der Waals surface area contributed by atoms with Crippen LogP contribution in [0.1, 0.15) is 43.1 Å². The molecular weight excluding hydrogens is 473 g/mol. The van der Waals surface area contributed by atoms with Gasteiger partial charge in [-0.2, -0.15) is 10.4 Å². The molecule has 35 heavy (non-hydrogen) atoms. The molecule has 1 N–H and O–H groups in total. The second-order valence-corrected chi connectivity index (χ2v) is 8.35. The van der Waals surface area contributed by atoms with Crippen molar-refractivity contribution >= 4 is 29.6 Å². The van der Waals surface area contributed by atoms with E-state index in [1.54, 1.807) is 32.2 Å². The molecule has 3 rings (SSSR count). The number of nitriles is 1. The van der Waals surface area contributed by atoms with Crippen molar-refractivity contribution in [1.82, 2.24) is 15.1 Å². The van der Waals surface area contributed by atoms with Gasteiger partial charge in [0.25, 0.3) is 5.91 Å². The van der Waals surface area contributed by atoms with Gasteiger partial charge in [0.2, 0.25) is 0 Å².